The number of rotatable bonds is 2. The molecule has 0 aromatic carbocycles. The number of hydrogen-bond donors (Lipinski definition) is 1. The fourth-order valence-corrected chi connectivity index (χ4v) is 2.84. The molecular formula is C14H29N. The fraction of sp³-hybridized carbons (Fsp3) is 1.00. The third kappa shape index (κ3) is 5.55. The minimum Gasteiger partial charge on any atom is -0.319 e. The van der Waals surface area contributed by atoms with Gasteiger partial charge in [-0.2, -0.15) is 0 Å². The molecule has 0 heterocycles. The van der Waals surface area contributed by atoms with Gasteiger partial charge in [0.25, 0.3) is 0 Å². The van der Waals surface area contributed by atoms with E-state index in [4.69, 9.17) is 0 Å². The van der Waals surface area contributed by atoms with E-state index in [1.807, 2.05) is 0 Å². The van der Waals surface area contributed by atoms with Crippen LogP contribution in [0.2, 0.25) is 0 Å². The first-order chi connectivity index (χ1) is 7.34. The summed E-state index contributed by atoms with van der Waals surface area (Å²) in [6.45, 7) is 3.68. The van der Waals surface area contributed by atoms with Crippen LogP contribution < -0.4 is 5.32 Å². The van der Waals surface area contributed by atoms with Gasteiger partial charge in [0.15, 0.2) is 0 Å². The Labute approximate surface area is 96.0 Å². The summed E-state index contributed by atoms with van der Waals surface area (Å²) < 4.78 is 0. The van der Waals surface area contributed by atoms with E-state index in [1.165, 1.54) is 64.3 Å². The van der Waals surface area contributed by atoms with Crippen molar-refractivity contribution in [2.24, 2.45) is 11.8 Å². The maximum absolute atomic E-state index is 3.37. The van der Waals surface area contributed by atoms with Gasteiger partial charge in [-0.05, 0) is 31.8 Å². The zero-order valence-corrected chi connectivity index (χ0v) is 10.7. The van der Waals surface area contributed by atoms with E-state index >= 15 is 0 Å². The van der Waals surface area contributed by atoms with E-state index in [9.17, 15) is 0 Å². The monoisotopic (exact) mass is 211 g/mol. The van der Waals surface area contributed by atoms with Crippen molar-refractivity contribution in [1.29, 1.82) is 0 Å². The van der Waals surface area contributed by atoms with E-state index in [0.29, 0.717) is 0 Å². The summed E-state index contributed by atoms with van der Waals surface area (Å²) in [4.78, 5) is 0. The van der Waals surface area contributed by atoms with Gasteiger partial charge in [-0.3, -0.25) is 0 Å². The molecule has 0 aliphatic heterocycles. The Hall–Kier alpha value is -0.0400. The summed E-state index contributed by atoms with van der Waals surface area (Å²) in [6, 6.07) is 0. The fourth-order valence-electron chi connectivity index (χ4n) is 2.84. The molecule has 0 bridgehead atoms. The van der Waals surface area contributed by atoms with Crippen molar-refractivity contribution in [2.45, 2.75) is 64.7 Å². The third-order valence-corrected chi connectivity index (χ3v) is 4.01. The van der Waals surface area contributed by atoms with Gasteiger partial charge in [0, 0.05) is 0 Å². The summed E-state index contributed by atoms with van der Waals surface area (Å²) in [5.74, 6) is 1.85. The molecule has 0 aromatic rings. The quantitative estimate of drug-likeness (QED) is 0.728. The molecule has 2 unspecified atom stereocenters. The highest BCUT2D eigenvalue weighted by Crippen LogP contribution is 2.25. The molecule has 1 aliphatic carbocycles. The Morgan fingerprint density at radius 2 is 1.40 bits per heavy atom. The van der Waals surface area contributed by atoms with Crippen LogP contribution in [0, 0.1) is 11.8 Å². The molecule has 1 nitrogen and oxygen atoms in total. The van der Waals surface area contributed by atoms with Crippen molar-refractivity contribution in [3.8, 4) is 0 Å². The normalized spacial score (nSPS) is 30.8. The van der Waals surface area contributed by atoms with Crippen LogP contribution in [0.3, 0.4) is 0 Å². The second-order valence-corrected chi connectivity index (χ2v) is 5.35. The van der Waals surface area contributed by atoms with Gasteiger partial charge in [-0.25, -0.2) is 0 Å². The molecule has 1 saturated carbocycles. The lowest BCUT2D eigenvalue weighted by Crippen LogP contribution is -2.24. The van der Waals surface area contributed by atoms with E-state index in [-0.39, 0.29) is 0 Å². The molecule has 0 spiro atoms. The standard InChI is InChI=1S/C14H29N/c1-13-10-8-6-4-3-5-7-9-11-14(13)12-15-2/h13-15H,3-12H2,1-2H3. The number of hydrogen-bond acceptors (Lipinski definition) is 1. The molecule has 0 amide bonds. The Kier molecular flexibility index (Phi) is 7.08. The highest BCUT2D eigenvalue weighted by atomic mass is 14.8. The van der Waals surface area contributed by atoms with Crippen molar-refractivity contribution in [3.63, 3.8) is 0 Å². The number of nitrogens with one attached hydrogen (secondary N) is 1. The molecule has 1 rings (SSSR count). The molecule has 15 heavy (non-hydrogen) atoms. The molecule has 90 valence electrons. The van der Waals surface area contributed by atoms with Crippen LogP contribution in [0.15, 0.2) is 0 Å². The van der Waals surface area contributed by atoms with Crippen LogP contribution in [0.1, 0.15) is 64.7 Å². The van der Waals surface area contributed by atoms with Crippen LogP contribution in [0.4, 0.5) is 0 Å². The SMILES string of the molecule is CNCC1CCCCCCCCCC1C. The third-order valence-electron chi connectivity index (χ3n) is 4.01. The Balaban J connectivity index is 2.35. The van der Waals surface area contributed by atoms with Crippen LogP contribution in [0.25, 0.3) is 0 Å². The first kappa shape index (κ1) is 13.0. The van der Waals surface area contributed by atoms with Gasteiger partial charge in [0.2, 0.25) is 0 Å². The molecular weight excluding hydrogens is 182 g/mol. The lowest BCUT2D eigenvalue weighted by Gasteiger charge is -2.23. The van der Waals surface area contributed by atoms with Crippen LogP contribution in [-0.4, -0.2) is 13.6 Å². The van der Waals surface area contributed by atoms with Gasteiger partial charge in [0.05, 0.1) is 0 Å². The van der Waals surface area contributed by atoms with Crippen LogP contribution >= 0.6 is 0 Å². The zero-order chi connectivity index (χ0) is 10.9. The second kappa shape index (κ2) is 8.15. The van der Waals surface area contributed by atoms with Gasteiger partial charge >= 0.3 is 0 Å². The van der Waals surface area contributed by atoms with Gasteiger partial charge in [-0.15, -0.1) is 0 Å². The lowest BCUT2D eigenvalue weighted by molar-refractivity contribution is 0.298. The van der Waals surface area contributed by atoms with Gasteiger partial charge < -0.3 is 5.32 Å². The minimum atomic E-state index is 0.924. The Morgan fingerprint density at radius 3 is 2.00 bits per heavy atom. The molecule has 1 fully saturated rings. The van der Waals surface area contributed by atoms with Crippen molar-refractivity contribution in [3.05, 3.63) is 0 Å². The highest BCUT2D eigenvalue weighted by Gasteiger charge is 2.16. The minimum absolute atomic E-state index is 0.924. The lowest BCUT2D eigenvalue weighted by atomic mass is 9.86. The van der Waals surface area contributed by atoms with Crippen molar-refractivity contribution < 1.29 is 0 Å². The first-order valence-electron chi connectivity index (χ1n) is 6.99. The topological polar surface area (TPSA) is 12.0 Å². The summed E-state index contributed by atoms with van der Waals surface area (Å²) in [5.41, 5.74) is 0. The molecule has 1 N–H and O–H groups in total. The van der Waals surface area contributed by atoms with Crippen molar-refractivity contribution >= 4 is 0 Å². The summed E-state index contributed by atoms with van der Waals surface area (Å²) in [7, 11) is 2.10. The summed E-state index contributed by atoms with van der Waals surface area (Å²) in [5, 5.41) is 3.37. The molecule has 1 aliphatic rings. The average Bonchev–Trinajstić information content (AvgIpc) is 2.27. The van der Waals surface area contributed by atoms with Crippen LogP contribution in [-0.2, 0) is 0 Å². The molecule has 0 radical (unpaired) electrons. The second-order valence-electron chi connectivity index (χ2n) is 5.35. The summed E-state index contributed by atoms with van der Waals surface area (Å²) >= 11 is 0. The molecule has 0 aromatic heterocycles. The largest absolute Gasteiger partial charge is 0.319 e. The van der Waals surface area contributed by atoms with E-state index in [1.54, 1.807) is 0 Å². The molecule has 1 heteroatoms. The van der Waals surface area contributed by atoms with Gasteiger partial charge in [-0.1, -0.05) is 58.3 Å². The van der Waals surface area contributed by atoms with E-state index < -0.39 is 0 Å². The smallest absolute Gasteiger partial charge is 0.00210 e. The zero-order valence-electron chi connectivity index (χ0n) is 10.7. The van der Waals surface area contributed by atoms with Crippen molar-refractivity contribution in [1.82, 2.24) is 5.32 Å². The van der Waals surface area contributed by atoms with Crippen molar-refractivity contribution in [2.75, 3.05) is 13.6 Å². The first-order valence-corrected chi connectivity index (χ1v) is 6.99. The highest BCUT2D eigenvalue weighted by molar-refractivity contribution is 4.69. The van der Waals surface area contributed by atoms with Gasteiger partial charge in [0.1, 0.15) is 0 Å². The molecule has 2 atom stereocenters. The van der Waals surface area contributed by atoms with E-state index in [2.05, 4.69) is 19.3 Å². The maximum Gasteiger partial charge on any atom is -0.00210 e. The van der Waals surface area contributed by atoms with Crippen LogP contribution in [0.5, 0.6) is 0 Å². The molecule has 0 saturated heterocycles. The maximum atomic E-state index is 3.37. The average molecular weight is 211 g/mol. The predicted molar refractivity (Wildman–Crippen MR) is 68.1 cm³/mol. The summed E-state index contributed by atoms with van der Waals surface area (Å²) in [6.07, 6.45) is 13.2. The predicted octanol–water partition coefficient (Wildman–Crippen LogP) is 3.98. The van der Waals surface area contributed by atoms with E-state index in [0.717, 1.165) is 11.8 Å². The Bertz CT molecular complexity index is 144. The Morgan fingerprint density at radius 1 is 0.867 bits per heavy atom.